The third-order valence-electron chi connectivity index (χ3n) is 4.15. The molecule has 0 aliphatic carbocycles. The molecular formula is C18H19FN4O4. The number of rotatable bonds is 6. The van der Waals surface area contributed by atoms with E-state index < -0.39 is 11.5 Å². The van der Waals surface area contributed by atoms with Gasteiger partial charge in [0.2, 0.25) is 5.91 Å². The molecule has 27 heavy (non-hydrogen) atoms. The highest BCUT2D eigenvalue weighted by molar-refractivity contribution is 5.92. The molecule has 0 unspecified atom stereocenters. The summed E-state index contributed by atoms with van der Waals surface area (Å²) in [6.07, 6.45) is 2.65. The molecule has 0 spiro atoms. The van der Waals surface area contributed by atoms with Crippen LogP contribution in [0.15, 0.2) is 42.9 Å². The molecule has 1 aliphatic heterocycles. The number of ether oxygens (including phenoxy) is 2. The van der Waals surface area contributed by atoms with Crippen LogP contribution in [0.3, 0.4) is 0 Å². The van der Waals surface area contributed by atoms with Crippen molar-refractivity contribution in [2.45, 2.75) is 12.0 Å². The summed E-state index contributed by atoms with van der Waals surface area (Å²) in [5.41, 5.74) is 4.54. The zero-order valence-electron chi connectivity index (χ0n) is 14.5. The van der Waals surface area contributed by atoms with Crippen molar-refractivity contribution < 1.29 is 23.5 Å². The summed E-state index contributed by atoms with van der Waals surface area (Å²) in [7, 11) is 0. The van der Waals surface area contributed by atoms with Crippen molar-refractivity contribution in [3.05, 3.63) is 54.4 Å². The van der Waals surface area contributed by atoms with E-state index in [2.05, 4.69) is 9.97 Å². The van der Waals surface area contributed by atoms with Gasteiger partial charge in [0.05, 0.1) is 19.6 Å². The Bertz CT molecular complexity index is 803. The zero-order chi connectivity index (χ0) is 19.3. The SMILES string of the molecule is NC(=O)C[C@]1(COc2ccc(F)cc2)CN(C(=O)c2ccncn2)CCO1. The number of amides is 2. The van der Waals surface area contributed by atoms with E-state index in [4.69, 9.17) is 15.2 Å². The first kappa shape index (κ1) is 18.7. The van der Waals surface area contributed by atoms with E-state index in [1.807, 2.05) is 0 Å². The number of carbonyl (C=O) groups is 2. The van der Waals surface area contributed by atoms with Gasteiger partial charge in [-0.3, -0.25) is 9.59 Å². The van der Waals surface area contributed by atoms with E-state index >= 15 is 0 Å². The van der Waals surface area contributed by atoms with E-state index in [1.165, 1.54) is 42.9 Å². The van der Waals surface area contributed by atoms with Crippen LogP contribution >= 0.6 is 0 Å². The number of benzene rings is 1. The Balaban J connectivity index is 1.75. The molecular weight excluding hydrogens is 355 g/mol. The second-order valence-corrected chi connectivity index (χ2v) is 6.24. The lowest BCUT2D eigenvalue weighted by Crippen LogP contribution is -2.58. The van der Waals surface area contributed by atoms with Gasteiger partial charge < -0.3 is 20.1 Å². The molecule has 2 N–H and O–H groups in total. The van der Waals surface area contributed by atoms with Crippen molar-refractivity contribution in [2.24, 2.45) is 5.73 Å². The lowest BCUT2D eigenvalue weighted by atomic mass is 9.97. The maximum atomic E-state index is 13.0. The predicted molar refractivity (Wildman–Crippen MR) is 92.3 cm³/mol. The molecule has 0 bridgehead atoms. The number of morpholine rings is 1. The van der Waals surface area contributed by atoms with Crippen molar-refractivity contribution in [3.8, 4) is 5.75 Å². The van der Waals surface area contributed by atoms with Gasteiger partial charge in [-0.15, -0.1) is 0 Å². The standard InChI is InChI=1S/C18H19FN4O4/c19-13-1-3-14(4-2-13)26-11-18(9-16(20)24)10-23(7-8-27-18)17(25)15-5-6-21-12-22-15/h1-6,12H,7-11H2,(H2,20,24)/t18-/m1/s1. The van der Waals surface area contributed by atoms with Gasteiger partial charge in [0, 0.05) is 12.7 Å². The van der Waals surface area contributed by atoms with E-state index in [1.54, 1.807) is 4.90 Å². The van der Waals surface area contributed by atoms with Crippen LogP contribution in [0.2, 0.25) is 0 Å². The summed E-state index contributed by atoms with van der Waals surface area (Å²) >= 11 is 0. The Labute approximate surface area is 155 Å². The average Bonchev–Trinajstić information content (AvgIpc) is 2.67. The van der Waals surface area contributed by atoms with E-state index in [-0.39, 0.29) is 43.6 Å². The summed E-state index contributed by atoms with van der Waals surface area (Å²) < 4.78 is 24.5. The summed E-state index contributed by atoms with van der Waals surface area (Å²) in [6, 6.07) is 6.99. The van der Waals surface area contributed by atoms with Gasteiger partial charge in [-0.1, -0.05) is 0 Å². The molecule has 142 valence electrons. The van der Waals surface area contributed by atoms with Crippen LogP contribution in [0.25, 0.3) is 0 Å². The molecule has 0 radical (unpaired) electrons. The fourth-order valence-electron chi connectivity index (χ4n) is 2.91. The number of primary amides is 1. The summed E-state index contributed by atoms with van der Waals surface area (Å²) in [5, 5.41) is 0. The Hall–Kier alpha value is -3.07. The fraction of sp³-hybridized carbons (Fsp3) is 0.333. The van der Waals surface area contributed by atoms with Gasteiger partial charge in [0.15, 0.2) is 0 Å². The van der Waals surface area contributed by atoms with Gasteiger partial charge in [0.25, 0.3) is 5.91 Å². The van der Waals surface area contributed by atoms with E-state index in [9.17, 15) is 14.0 Å². The molecule has 1 atom stereocenters. The van der Waals surface area contributed by atoms with Gasteiger partial charge >= 0.3 is 0 Å². The first-order chi connectivity index (χ1) is 13.0. The molecule has 1 aromatic heterocycles. The number of nitrogens with zero attached hydrogens (tertiary/aromatic N) is 3. The highest BCUT2D eigenvalue weighted by Crippen LogP contribution is 2.25. The van der Waals surface area contributed by atoms with Gasteiger partial charge in [0.1, 0.15) is 35.8 Å². The summed E-state index contributed by atoms with van der Waals surface area (Å²) in [5.74, 6) is -0.835. The number of nitrogens with two attached hydrogens (primary N) is 1. The monoisotopic (exact) mass is 374 g/mol. The van der Waals surface area contributed by atoms with Gasteiger partial charge in [-0.05, 0) is 30.3 Å². The van der Waals surface area contributed by atoms with Crippen LogP contribution in [0.5, 0.6) is 5.75 Å². The maximum Gasteiger partial charge on any atom is 0.272 e. The van der Waals surface area contributed by atoms with Crippen LogP contribution in [0.4, 0.5) is 4.39 Å². The fourth-order valence-corrected chi connectivity index (χ4v) is 2.91. The average molecular weight is 374 g/mol. The minimum Gasteiger partial charge on any atom is -0.490 e. The Morgan fingerprint density at radius 3 is 2.74 bits per heavy atom. The van der Waals surface area contributed by atoms with E-state index in [0.29, 0.717) is 12.3 Å². The maximum absolute atomic E-state index is 13.0. The molecule has 2 aromatic rings. The Morgan fingerprint density at radius 2 is 2.07 bits per heavy atom. The molecule has 2 amide bonds. The molecule has 1 aromatic carbocycles. The normalized spacial score (nSPS) is 19.5. The Morgan fingerprint density at radius 1 is 1.30 bits per heavy atom. The molecule has 0 saturated carbocycles. The zero-order valence-corrected chi connectivity index (χ0v) is 14.5. The lowest BCUT2D eigenvalue weighted by Gasteiger charge is -2.41. The smallest absolute Gasteiger partial charge is 0.272 e. The Kier molecular flexibility index (Phi) is 5.60. The molecule has 2 heterocycles. The number of hydrogen-bond acceptors (Lipinski definition) is 6. The molecule has 1 aliphatic rings. The van der Waals surface area contributed by atoms with Crippen LogP contribution in [0, 0.1) is 5.82 Å². The predicted octanol–water partition coefficient (Wildman–Crippen LogP) is 0.781. The van der Waals surface area contributed by atoms with Gasteiger partial charge in [-0.2, -0.15) is 0 Å². The van der Waals surface area contributed by atoms with E-state index in [0.717, 1.165) is 0 Å². The molecule has 3 rings (SSSR count). The lowest BCUT2D eigenvalue weighted by molar-refractivity contribution is -0.142. The van der Waals surface area contributed by atoms with Crippen molar-refractivity contribution >= 4 is 11.8 Å². The van der Waals surface area contributed by atoms with Crippen LogP contribution in [-0.4, -0.2) is 58.6 Å². The third kappa shape index (κ3) is 4.76. The number of aromatic nitrogens is 2. The van der Waals surface area contributed by atoms with Crippen molar-refractivity contribution in [1.82, 2.24) is 14.9 Å². The quantitative estimate of drug-likeness (QED) is 0.801. The minimum atomic E-state index is -1.10. The number of carbonyl (C=O) groups excluding carboxylic acids is 2. The van der Waals surface area contributed by atoms with Crippen molar-refractivity contribution in [1.29, 1.82) is 0 Å². The number of halogens is 1. The first-order valence-electron chi connectivity index (χ1n) is 8.33. The third-order valence-corrected chi connectivity index (χ3v) is 4.15. The second-order valence-electron chi connectivity index (χ2n) is 6.24. The van der Waals surface area contributed by atoms with Crippen LogP contribution in [-0.2, 0) is 9.53 Å². The molecule has 1 saturated heterocycles. The highest BCUT2D eigenvalue weighted by atomic mass is 19.1. The highest BCUT2D eigenvalue weighted by Gasteiger charge is 2.41. The molecule has 8 nitrogen and oxygen atoms in total. The van der Waals surface area contributed by atoms with Crippen LogP contribution < -0.4 is 10.5 Å². The topological polar surface area (TPSA) is 108 Å². The van der Waals surface area contributed by atoms with Gasteiger partial charge in [-0.25, -0.2) is 14.4 Å². The summed E-state index contributed by atoms with van der Waals surface area (Å²) in [4.78, 5) is 33.6. The molecule has 9 heteroatoms. The van der Waals surface area contributed by atoms with Crippen molar-refractivity contribution in [3.63, 3.8) is 0 Å². The van der Waals surface area contributed by atoms with Crippen LogP contribution in [0.1, 0.15) is 16.9 Å². The molecule has 1 fully saturated rings. The first-order valence-corrected chi connectivity index (χ1v) is 8.33. The second kappa shape index (κ2) is 8.09. The summed E-state index contributed by atoms with van der Waals surface area (Å²) in [6.45, 7) is 0.659. The largest absolute Gasteiger partial charge is 0.490 e. The minimum absolute atomic E-state index is 0.0187. The number of hydrogen-bond donors (Lipinski definition) is 1. The van der Waals surface area contributed by atoms with Crippen molar-refractivity contribution in [2.75, 3.05) is 26.3 Å².